The molecule has 5 heteroatoms. The topological polar surface area (TPSA) is 61.4 Å². The summed E-state index contributed by atoms with van der Waals surface area (Å²) in [4.78, 5) is 12.3. The number of nitrogens with one attached hydrogen (secondary N) is 2. The van der Waals surface area contributed by atoms with E-state index < -0.39 is 0 Å². The van der Waals surface area contributed by atoms with Gasteiger partial charge in [0, 0.05) is 5.56 Å². The Morgan fingerprint density at radius 3 is 2.62 bits per heavy atom. The van der Waals surface area contributed by atoms with Gasteiger partial charge in [-0.1, -0.05) is 38.1 Å². The molecule has 1 amide bonds. The van der Waals surface area contributed by atoms with Gasteiger partial charge in [-0.25, -0.2) is 0 Å². The third-order valence-corrected chi connectivity index (χ3v) is 4.27. The number of carbonyl (C=O) groups is 1. The number of hydrogen-bond donors (Lipinski definition) is 3. The molecule has 0 fully saturated rings. The van der Waals surface area contributed by atoms with Crippen molar-refractivity contribution in [3.8, 4) is 5.75 Å². The van der Waals surface area contributed by atoms with Crippen LogP contribution in [0.15, 0.2) is 42.5 Å². The maximum Gasteiger partial charge on any atom is 0.257 e. The molecule has 0 aliphatic rings. The van der Waals surface area contributed by atoms with Crippen LogP contribution in [0.1, 0.15) is 47.7 Å². The predicted octanol–water partition coefficient (Wildman–Crippen LogP) is 4.34. The highest BCUT2D eigenvalue weighted by atomic mass is 32.1. The van der Waals surface area contributed by atoms with Crippen molar-refractivity contribution in [3.05, 3.63) is 59.2 Å². The molecule has 0 spiro atoms. The third-order valence-electron chi connectivity index (χ3n) is 4.07. The summed E-state index contributed by atoms with van der Waals surface area (Å²) >= 11 is 5.20. The SMILES string of the molecule is CC[C@@H](C)c1ccc(O)c(NC(=S)NC(=O)c2ccccc2C)c1. The summed E-state index contributed by atoms with van der Waals surface area (Å²) < 4.78 is 0. The fourth-order valence-corrected chi connectivity index (χ4v) is 2.55. The summed E-state index contributed by atoms with van der Waals surface area (Å²) in [5, 5.41) is 15.7. The summed E-state index contributed by atoms with van der Waals surface area (Å²) in [6, 6.07) is 12.7. The van der Waals surface area contributed by atoms with Gasteiger partial charge in [0.15, 0.2) is 5.11 Å². The van der Waals surface area contributed by atoms with E-state index in [1.54, 1.807) is 18.2 Å². The number of amides is 1. The number of phenols is 1. The van der Waals surface area contributed by atoms with Crippen LogP contribution in [0, 0.1) is 6.92 Å². The lowest BCUT2D eigenvalue weighted by molar-refractivity contribution is 0.0977. The second-order valence-electron chi connectivity index (χ2n) is 5.81. The lowest BCUT2D eigenvalue weighted by Gasteiger charge is -2.15. The molecule has 2 rings (SSSR count). The molecule has 2 aromatic rings. The van der Waals surface area contributed by atoms with E-state index in [9.17, 15) is 9.90 Å². The standard InChI is InChI=1S/C19H22N2O2S/c1-4-12(2)14-9-10-17(22)16(11-14)20-19(24)21-18(23)15-8-6-5-7-13(15)3/h5-12,22H,4H2,1-3H3,(H2,20,21,23,24)/t12-/m1/s1. The number of rotatable bonds is 4. The number of hydrogen-bond acceptors (Lipinski definition) is 3. The van der Waals surface area contributed by atoms with E-state index in [4.69, 9.17) is 12.2 Å². The van der Waals surface area contributed by atoms with Crippen molar-refractivity contribution in [1.29, 1.82) is 0 Å². The van der Waals surface area contributed by atoms with E-state index in [1.165, 1.54) is 0 Å². The van der Waals surface area contributed by atoms with E-state index >= 15 is 0 Å². The number of carbonyl (C=O) groups excluding carboxylic acids is 1. The molecule has 0 aromatic heterocycles. The van der Waals surface area contributed by atoms with Gasteiger partial charge in [-0.15, -0.1) is 0 Å². The van der Waals surface area contributed by atoms with Crippen molar-refractivity contribution >= 4 is 28.9 Å². The quantitative estimate of drug-likeness (QED) is 0.571. The minimum absolute atomic E-state index is 0.0922. The summed E-state index contributed by atoms with van der Waals surface area (Å²) in [6.07, 6.45) is 0.999. The number of aromatic hydroxyl groups is 1. The summed E-state index contributed by atoms with van der Waals surface area (Å²) in [6.45, 7) is 6.10. The molecule has 0 bridgehead atoms. The largest absolute Gasteiger partial charge is 0.506 e. The van der Waals surface area contributed by atoms with Gasteiger partial charge in [-0.3, -0.25) is 10.1 Å². The molecule has 0 aliphatic heterocycles. The first-order chi connectivity index (χ1) is 11.4. The average Bonchev–Trinajstić information content (AvgIpc) is 2.56. The Labute approximate surface area is 147 Å². The molecule has 0 aliphatic carbocycles. The third kappa shape index (κ3) is 4.32. The van der Waals surface area contributed by atoms with Gasteiger partial charge < -0.3 is 10.4 Å². The molecule has 4 nitrogen and oxygen atoms in total. The van der Waals surface area contributed by atoms with E-state index in [2.05, 4.69) is 24.5 Å². The maximum absolute atomic E-state index is 12.3. The Morgan fingerprint density at radius 1 is 1.25 bits per heavy atom. The minimum Gasteiger partial charge on any atom is -0.506 e. The van der Waals surface area contributed by atoms with Crippen molar-refractivity contribution in [1.82, 2.24) is 5.32 Å². The van der Waals surface area contributed by atoms with Crippen LogP contribution in [0.4, 0.5) is 5.69 Å². The summed E-state index contributed by atoms with van der Waals surface area (Å²) in [7, 11) is 0. The highest BCUT2D eigenvalue weighted by Crippen LogP contribution is 2.29. The van der Waals surface area contributed by atoms with Crippen LogP contribution in [-0.2, 0) is 0 Å². The van der Waals surface area contributed by atoms with E-state index in [1.807, 2.05) is 31.2 Å². The molecule has 0 saturated heterocycles. The molecule has 0 saturated carbocycles. The normalized spacial score (nSPS) is 11.6. The Hall–Kier alpha value is -2.40. The Balaban J connectivity index is 2.10. The van der Waals surface area contributed by atoms with Crippen LogP contribution in [-0.4, -0.2) is 16.1 Å². The molecule has 126 valence electrons. The van der Waals surface area contributed by atoms with Crippen LogP contribution in [0.25, 0.3) is 0 Å². The first-order valence-corrected chi connectivity index (χ1v) is 8.34. The van der Waals surface area contributed by atoms with Crippen molar-refractivity contribution in [3.63, 3.8) is 0 Å². The monoisotopic (exact) mass is 342 g/mol. The van der Waals surface area contributed by atoms with E-state index in [0.717, 1.165) is 17.5 Å². The average molecular weight is 342 g/mol. The Morgan fingerprint density at radius 2 is 1.96 bits per heavy atom. The second kappa shape index (κ2) is 7.93. The number of benzene rings is 2. The van der Waals surface area contributed by atoms with Crippen LogP contribution in [0.3, 0.4) is 0 Å². The second-order valence-corrected chi connectivity index (χ2v) is 6.22. The zero-order valence-electron chi connectivity index (χ0n) is 14.1. The first kappa shape index (κ1) is 17.9. The zero-order chi connectivity index (χ0) is 17.7. The molecular formula is C19H22N2O2S. The molecule has 1 atom stereocenters. The van der Waals surface area contributed by atoms with Gasteiger partial charge in [-0.2, -0.15) is 0 Å². The van der Waals surface area contributed by atoms with Crippen LogP contribution < -0.4 is 10.6 Å². The van der Waals surface area contributed by atoms with Crippen LogP contribution in [0.2, 0.25) is 0 Å². The molecular weight excluding hydrogens is 320 g/mol. The molecule has 0 radical (unpaired) electrons. The fraction of sp³-hybridized carbons (Fsp3) is 0.263. The van der Waals surface area contributed by atoms with Gasteiger partial charge in [-0.05, 0) is 60.8 Å². The van der Waals surface area contributed by atoms with Crippen molar-refractivity contribution < 1.29 is 9.90 Å². The van der Waals surface area contributed by atoms with Crippen molar-refractivity contribution in [2.75, 3.05) is 5.32 Å². The first-order valence-electron chi connectivity index (χ1n) is 7.93. The molecule has 2 aromatic carbocycles. The van der Waals surface area contributed by atoms with Gasteiger partial charge in [0.25, 0.3) is 5.91 Å². The van der Waals surface area contributed by atoms with Gasteiger partial charge in [0.05, 0.1) is 5.69 Å². The maximum atomic E-state index is 12.3. The highest BCUT2D eigenvalue weighted by Gasteiger charge is 2.12. The number of anilines is 1. The summed E-state index contributed by atoms with van der Waals surface area (Å²) in [5.74, 6) is 0.194. The lowest BCUT2D eigenvalue weighted by atomic mass is 9.98. The van der Waals surface area contributed by atoms with Gasteiger partial charge in [0.1, 0.15) is 5.75 Å². The fourth-order valence-electron chi connectivity index (χ4n) is 2.35. The zero-order valence-corrected chi connectivity index (χ0v) is 14.9. The predicted molar refractivity (Wildman–Crippen MR) is 102 cm³/mol. The minimum atomic E-state index is -0.275. The number of thiocarbonyl (C=S) groups is 1. The van der Waals surface area contributed by atoms with Crippen LogP contribution >= 0.6 is 12.2 Å². The van der Waals surface area contributed by atoms with Crippen molar-refractivity contribution in [2.45, 2.75) is 33.1 Å². The summed E-state index contributed by atoms with van der Waals surface area (Å²) in [5.41, 5.74) is 3.03. The van der Waals surface area contributed by atoms with E-state index in [0.29, 0.717) is 17.2 Å². The lowest BCUT2D eigenvalue weighted by Crippen LogP contribution is -2.34. The number of aryl methyl sites for hydroxylation is 1. The molecule has 3 N–H and O–H groups in total. The molecule has 0 heterocycles. The Bertz CT molecular complexity index is 759. The Kier molecular flexibility index (Phi) is 5.93. The molecule has 0 unspecified atom stereocenters. The van der Waals surface area contributed by atoms with Crippen LogP contribution in [0.5, 0.6) is 5.75 Å². The van der Waals surface area contributed by atoms with E-state index in [-0.39, 0.29) is 16.8 Å². The number of phenolic OH excluding ortho intramolecular Hbond substituents is 1. The molecule has 24 heavy (non-hydrogen) atoms. The van der Waals surface area contributed by atoms with Gasteiger partial charge in [0.2, 0.25) is 0 Å². The smallest absolute Gasteiger partial charge is 0.257 e. The van der Waals surface area contributed by atoms with Crippen molar-refractivity contribution in [2.24, 2.45) is 0 Å². The highest BCUT2D eigenvalue weighted by molar-refractivity contribution is 7.80. The van der Waals surface area contributed by atoms with Gasteiger partial charge >= 0.3 is 0 Å².